The van der Waals surface area contributed by atoms with E-state index in [9.17, 15) is 9.18 Å². The lowest BCUT2D eigenvalue weighted by Gasteiger charge is -2.13. The topological polar surface area (TPSA) is 46.5 Å². The average Bonchev–Trinajstić information content (AvgIpc) is 2.41. The lowest BCUT2D eigenvalue weighted by Crippen LogP contribution is -2.02. The van der Waals surface area contributed by atoms with Gasteiger partial charge in [0.25, 0.3) is 0 Å². The van der Waals surface area contributed by atoms with E-state index in [-0.39, 0.29) is 11.1 Å². The molecule has 2 aromatic carbocycles. The molecule has 0 saturated heterocycles. The lowest BCUT2D eigenvalue weighted by atomic mass is 9.96. The summed E-state index contributed by atoms with van der Waals surface area (Å²) in [7, 11) is 1.58. The fraction of sp³-hybridized carbons (Fsp3) is 0.188. The van der Waals surface area contributed by atoms with E-state index in [0.717, 1.165) is 16.9 Å². The average molecular weight is 274 g/mol. The number of aromatic carboxylic acids is 1. The first kappa shape index (κ1) is 14.1. The van der Waals surface area contributed by atoms with E-state index < -0.39 is 11.8 Å². The van der Waals surface area contributed by atoms with Gasteiger partial charge in [0.1, 0.15) is 11.6 Å². The third-order valence-electron chi connectivity index (χ3n) is 3.26. The Morgan fingerprint density at radius 2 is 1.85 bits per heavy atom. The highest BCUT2D eigenvalue weighted by Crippen LogP contribution is 2.32. The number of carbonyl (C=O) groups is 1. The van der Waals surface area contributed by atoms with Crippen LogP contribution in [-0.4, -0.2) is 18.2 Å². The van der Waals surface area contributed by atoms with E-state index in [1.54, 1.807) is 25.3 Å². The largest absolute Gasteiger partial charge is 0.496 e. The second-order valence-electron chi connectivity index (χ2n) is 4.61. The first-order valence-electron chi connectivity index (χ1n) is 6.13. The Kier molecular flexibility index (Phi) is 3.74. The Bertz CT molecular complexity index is 678. The van der Waals surface area contributed by atoms with Gasteiger partial charge in [-0.3, -0.25) is 0 Å². The molecule has 4 heteroatoms. The minimum Gasteiger partial charge on any atom is -0.496 e. The second kappa shape index (κ2) is 5.33. The fourth-order valence-electron chi connectivity index (χ4n) is 2.20. The van der Waals surface area contributed by atoms with Crippen molar-refractivity contribution in [2.24, 2.45) is 0 Å². The van der Waals surface area contributed by atoms with Gasteiger partial charge in [0, 0.05) is 5.56 Å². The number of benzene rings is 2. The Morgan fingerprint density at radius 1 is 1.15 bits per heavy atom. The molecule has 1 N–H and O–H groups in total. The molecule has 0 atom stereocenters. The van der Waals surface area contributed by atoms with E-state index in [0.29, 0.717) is 5.56 Å². The van der Waals surface area contributed by atoms with E-state index >= 15 is 0 Å². The summed E-state index contributed by atoms with van der Waals surface area (Å²) in [6.07, 6.45) is 0. The molecule has 20 heavy (non-hydrogen) atoms. The Balaban J connectivity index is 2.66. The molecule has 0 spiro atoms. The van der Waals surface area contributed by atoms with Crippen LogP contribution in [0, 0.1) is 19.7 Å². The highest BCUT2D eigenvalue weighted by molar-refractivity contribution is 5.90. The number of carboxylic acids is 1. The Labute approximate surface area is 116 Å². The van der Waals surface area contributed by atoms with Crippen LogP contribution in [0.5, 0.6) is 5.75 Å². The van der Waals surface area contributed by atoms with Crippen LogP contribution in [0.1, 0.15) is 21.5 Å². The number of rotatable bonds is 3. The fourth-order valence-corrected chi connectivity index (χ4v) is 2.20. The van der Waals surface area contributed by atoms with Crippen molar-refractivity contribution in [1.82, 2.24) is 0 Å². The quantitative estimate of drug-likeness (QED) is 0.925. The van der Waals surface area contributed by atoms with Crippen molar-refractivity contribution in [2.45, 2.75) is 13.8 Å². The number of hydrogen-bond acceptors (Lipinski definition) is 2. The molecule has 0 aliphatic carbocycles. The molecule has 0 aromatic heterocycles. The molecule has 0 aliphatic rings. The maximum atomic E-state index is 14.3. The number of halogens is 1. The van der Waals surface area contributed by atoms with Crippen LogP contribution in [0.3, 0.4) is 0 Å². The smallest absolute Gasteiger partial charge is 0.338 e. The zero-order chi connectivity index (χ0) is 14.9. The van der Waals surface area contributed by atoms with Crippen molar-refractivity contribution in [3.8, 4) is 16.9 Å². The van der Waals surface area contributed by atoms with Gasteiger partial charge >= 0.3 is 5.97 Å². The number of ether oxygens (including phenoxy) is 1. The Hall–Kier alpha value is -2.36. The molecule has 0 saturated carbocycles. The Morgan fingerprint density at radius 3 is 2.45 bits per heavy atom. The molecule has 0 bridgehead atoms. The summed E-state index contributed by atoms with van der Waals surface area (Å²) in [4.78, 5) is 11.0. The molecule has 0 aliphatic heterocycles. The molecule has 0 amide bonds. The monoisotopic (exact) mass is 274 g/mol. The SMILES string of the molecule is COc1cc(C)c(-c2cccc(C(=O)O)c2F)cc1C. The minimum absolute atomic E-state index is 0.285. The van der Waals surface area contributed by atoms with Crippen LogP contribution >= 0.6 is 0 Å². The lowest BCUT2D eigenvalue weighted by molar-refractivity contribution is 0.0692. The summed E-state index contributed by atoms with van der Waals surface area (Å²) in [6, 6.07) is 8.00. The molecule has 0 fully saturated rings. The van der Waals surface area contributed by atoms with Crippen molar-refractivity contribution in [2.75, 3.05) is 7.11 Å². The van der Waals surface area contributed by atoms with Crippen LogP contribution in [0.4, 0.5) is 4.39 Å². The van der Waals surface area contributed by atoms with Crippen LogP contribution in [-0.2, 0) is 0 Å². The van der Waals surface area contributed by atoms with Crippen LogP contribution in [0.2, 0.25) is 0 Å². The zero-order valence-corrected chi connectivity index (χ0v) is 11.5. The molecule has 3 nitrogen and oxygen atoms in total. The third kappa shape index (κ3) is 2.37. The summed E-state index contributed by atoms with van der Waals surface area (Å²) in [5.41, 5.74) is 2.33. The first-order valence-corrected chi connectivity index (χ1v) is 6.13. The summed E-state index contributed by atoms with van der Waals surface area (Å²) in [5.74, 6) is -1.26. The van der Waals surface area contributed by atoms with E-state index in [1.807, 2.05) is 19.9 Å². The van der Waals surface area contributed by atoms with Crippen LogP contribution in [0.25, 0.3) is 11.1 Å². The van der Waals surface area contributed by atoms with Gasteiger partial charge in [-0.25, -0.2) is 9.18 Å². The zero-order valence-electron chi connectivity index (χ0n) is 11.5. The van der Waals surface area contributed by atoms with E-state index in [2.05, 4.69) is 0 Å². The highest BCUT2D eigenvalue weighted by Gasteiger charge is 2.17. The third-order valence-corrected chi connectivity index (χ3v) is 3.26. The van der Waals surface area contributed by atoms with Crippen molar-refractivity contribution < 1.29 is 19.0 Å². The van der Waals surface area contributed by atoms with Gasteiger partial charge in [-0.2, -0.15) is 0 Å². The van der Waals surface area contributed by atoms with Crippen molar-refractivity contribution >= 4 is 5.97 Å². The van der Waals surface area contributed by atoms with Gasteiger partial charge in [-0.05, 0) is 48.7 Å². The van der Waals surface area contributed by atoms with Crippen molar-refractivity contribution in [3.05, 3.63) is 52.8 Å². The second-order valence-corrected chi connectivity index (χ2v) is 4.61. The summed E-state index contributed by atoms with van der Waals surface area (Å²) in [5, 5.41) is 8.98. The first-order chi connectivity index (χ1) is 9.45. The number of carboxylic acid groups (broad SMARTS) is 1. The molecular weight excluding hydrogens is 259 g/mol. The van der Waals surface area contributed by atoms with Gasteiger partial charge in [0.05, 0.1) is 12.7 Å². The molecule has 2 aromatic rings. The maximum absolute atomic E-state index is 14.3. The van der Waals surface area contributed by atoms with Gasteiger partial charge in [0.2, 0.25) is 0 Å². The van der Waals surface area contributed by atoms with E-state index in [4.69, 9.17) is 9.84 Å². The maximum Gasteiger partial charge on any atom is 0.338 e. The predicted molar refractivity (Wildman–Crippen MR) is 74.8 cm³/mol. The summed E-state index contributed by atoms with van der Waals surface area (Å²) >= 11 is 0. The van der Waals surface area contributed by atoms with Gasteiger partial charge in [-0.1, -0.05) is 12.1 Å². The van der Waals surface area contributed by atoms with Crippen molar-refractivity contribution in [1.29, 1.82) is 0 Å². The summed E-state index contributed by atoms with van der Waals surface area (Å²) in [6.45, 7) is 3.70. The standard InChI is InChI=1S/C16H15FO3/c1-9-8-14(20-3)10(2)7-13(9)11-5-4-6-12(15(11)17)16(18)19/h4-8H,1-3H3,(H,18,19). The normalized spacial score (nSPS) is 10.4. The molecule has 0 unspecified atom stereocenters. The number of hydrogen-bond donors (Lipinski definition) is 1. The van der Waals surface area contributed by atoms with Gasteiger partial charge in [0.15, 0.2) is 0 Å². The molecule has 0 heterocycles. The predicted octanol–water partition coefficient (Wildman–Crippen LogP) is 3.82. The van der Waals surface area contributed by atoms with Crippen molar-refractivity contribution in [3.63, 3.8) is 0 Å². The minimum atomic E-state index is -1.27. The van der Waals surface area contributed by atoms with E-state index in [1.165, 1.54) is 6.07 Å². The van der Waals surface area contributed by atoms with Gasteiger partial charge < -0.3 is 9.84 Å². The number of methoxy groups -OCH3 is 1. The van der Waals surface area contributed by atoms with Crippen LogP contribution in [0.15, 0.2) is 30.3 Å². The molecular formula is C16H15FO3. The van der Waals surface area contributed by atoms with Crippen LogP contribution < -0.4 is 4.74 Å². The highest BCUT2D eigenvalue weighted by atomic mass is 19.1. The molecule has 104 valence electrons. The molecule has 0 radical (unpaired) electrons. The van der Waals surface area contributed by atoms with Gasteiger partial charge in [-0.15, -0.1) is 0 Å². The molecule has 2 rings (SSSR count). The summed E-state index contributed by atoms with van der Waals surface area (Å²) < 4.78 is 19.5. The number of aryl methyl sites for hydroxylation is 2.